The second-order valence-corrected chi connectivity index (χ2v) is 8.07. The maximum Gasteiger partial charge on any atom is 0.416 e. The third kappa shape index (κ3) is 3.49. The molecule has 0 bridgehead atoms. The molecule has 0 fully saturated rings. The van der Waals surface area contributed by atoms with Crippen LogP contribution >= 0.6 is 0 Å². The number of hydrogen-bond donors (Lipinski definition) is 0. The average Bonchev–Trinajstić information content (AvgIpc) is 3.05. The molecule has 0 saturated carbocycles. The minimum absolute atomic E-state index is 0.00250. The first-order valence-electron chi connectivity index (χ1n) is 10.00. The molecule has 8 heteroatoms. The number of aryl methyl sites for hydroxylation is 1. The molecule has 0 spiro atoms. The highest BCUT2D eigenvalue weighted by atomic mass is 19.4. The fourth-order valence-electron chi connectivity index (χ4n) is 4.31. The van der Waals surface area contributed by atoms with E-state index in [2.05, 4.69) is 0 Å². The Labute approximate surface area is 168 Å². The summed E-state index contributed by atoms with van der Waals surface area (Å²) in [5.41, 5.74) is 2.85. The Morgan fingerprint density at radius 2 is 1.93 bits per heavy atom. The number of amides is 1. The molecule has 0 aliphatic carbocycles. The molecule has 1 aromatic heterocycles. The summed E-state index contributed by atoms with van der Waals surface area (Å²) in [6.07, 6.45) is -2.10. The Balaban J connectivity index is 1.84. The van der Waals surface area contributed by atoms with Gasteiger partial charge < -0.3 is 9.80 Å². The standard InChI is InChI=1S/C21H25F3N4O/c1-13(2)28-18-8-10-26(14(3)29)12-17(18)20(25-28)27-9-4-5-15-6-7-16(11-19(15)27)21(22,23)24/h6-7,11,13H,4-5,8-10,12H2,1-3H3. The molecular weight excluding hydrogens is 381 g/mol. The molecule has 0 unspecified atom stereocenters. The number of fused-ring (bicyclic) bond motifs is 2. The van der Waals surface area contributed by atoms with Crippen molar-refractivity contribution in [2.45, 2.75) is 58.8 Å². The first-order valence-corrected chi connectivity index (χ1v) is 10.00. The fourth-order valence-corrected chi connectivity index (χ4v) is 4.31. The average molecular weight is 406 g/mol. The van der Waals surface area contributed by atoms with Gasteiger partial charge in [0, 0.05) is 49.4 Å². The number of anilines is 2. The number of carbonyl (C=O) groups is 1. The first kappa shape index (κ1) is 19.8. The predicted octanol–water partition coefficient (Wildman–Crippen LogP) is 4.47. The Morgan fingerprint density at radius 3 is 2.59 bits per heavy atom. The van der Waals surface area contributed by atoms with Crippen LogP contribution in [0.2, 0.25) is 0 Å². The van der Waals surface area contributed by atoms with E-state index in [0.29, 0.717) is 37.6 Å². The highest BCUT2D eigenvalue weighted by Gasteiger charge is 2.35. The summed E-state index contributed by atoms with van der Waals surface area (Å²) in [5.74, 6) is 0.678. The Hall–Kier alpha value is -2.51. The molecule has 2 aromatic rings. The van der Waals surface area contributed by atoms with Gasteiger partial charge in [-0.1, -0.05) is 6.07 Å². The van der Waals surface area contributed by atoms with Gasteiger partial charge in [-0.3, -0.25) is 9.48 Å². The van der Waals surface area contributed by atoms with Crippen LogP contribution in [0.4, 0.5) is 24.7 Å². The molecule has 0 saturated heterocycles. The van der Waals surface area contributed by atoms with Gasteiger partial charge in [0.05, 0.1) is 12.1 Å². The highest BCUT2D eigenvalue weighted by molar-refractivity contribution is 5.75. The third-order valence-corrected chi connectivity index (χ3v) is 5.79. The van der Waals surface area contributed by atoms with Gasteiger partial charge >= 0.3 is 6.18 Å². The molecule has 0 radical (unpaired) electrons. The van der Waals surface area contributed by atoms with Crippen molar-refractivity contribution in [3.8, 4) is 0 Å². The van der Waals surface area contributed by atoms with Gasteiger partial charge in [0.15, 0.2) is 5.82 Å². The zero-order chi connectivity index (χ0) is 20.9. The van der Waals surface area contributed by atoms with Crippen molar-refractivity contribution in [3.05, 3.63) is 40.6 Å². The quantitative estimate of drug-likeness (QED) is 0.739. The van der Waals surface area contributed by atoms with Gasteiger partial charge in [0.25, 0.3) is 0 Å². The Bertz CT molecular complexity index is 948. The molecule has 0 atom stereocenters. The summed E-state index contributed by atoms with van der Waals surface area (Å²) in [4.78, 5) is 15.6. The van der Waals surface area contributed by atoms with Crippen LogP contribution in [0.3, 0.4) is 0 Å². The molecule has 1 aromatic carbocycles. The van der Waals surface area contributed by atoms with Crippen LogP contribution < -0.4 is 4.90 Å². The van der Waals surface area contributed by atoms with Gasteiger partial charge in [-0.15, -0.1) is 0 Å². The van der Waals surface area contributed by atoms with Crippen molar-refractivity contribution >= 4 is 17.4 Å². The number of aromatic nitrogens is 2. The van der Waals surface area contributed by atoms with Crippen molar-refractivity contribution in [3.63, 3.8) is 0 Å². The van der Waals surface area contributed by atoms with E-state index in [-0.39, 0.29) is 11.9 Å². The molecule has 156 valence electrons. The summed E-state index contributed by atoms with van der Waals surface area (Å²) in [5, 5.41) is 4.82. The van der Waals surface area contributed by atoms with Crippen LogP contribution in [-0.2, 0) is 30.4 Å². The molecule has 29 heavy (non-hydrogen) atoms. The van der Waals surface area contributed by atoms with Gasteiger partial charge in [-0.2, -0.15) is 18.3 Å². The maximum atomic E-state index is 13.3. The van der Waals surface area contributed by atoms with E-state index < -0.39 is 11.7 Å². The molecule has 3 heterocycles. The number of hydrogen-bond acceptors (Lipinski definition) is 3. The van der Waals surface area contributed by atoms with Crippen LogP contribution in [0.15, 0.2) is 18.2 Å². The lowest BCUT2D eigenvalue weighted by Gasteiger charge is -2.33. The van der Waals surface area contributed by atoms with E-state index in [9.17, 15) is 18.0 Å². The lowest BCUT2D eigenvalue weighted by atomic mass is 9.98. The normalized spacial score (nSPS) is 16.8. The van der Waals surface area contributed by atoms with E-state index in [4.69, 9.17) is 5.10 Å². The summed E-state index contributed by atoms with van der Waals surface area (Å²) < 4.78 is 41.9. The number of rotatable bonds is 2. The van der Waals surface area contributed by atoms with E-state index in [1.807, 2.05) is 23.4 Å². The number of nitrogens with zero attached hydrogens (tertiary/aromatic N) is 4. The monoisotopic (exact) mass is 406 g/mol. The first-order chi connectivity index (χ1) is 13.7. The molecule has 2 aliphatic heterocycles. The van der Waals surface area contributed by atoms with Crippen LogP contribution in [0, 0.1) is 0 Å². The van der Waals surface area contributed by atoms with Crippen LogP contribution in [0.25, 0.3) is 0 Å². The van der Waals surface area contributed by atoms with E-state index in [1.165, 1.54) is 6.07 Å². The van der Waals surface area contributed by atoms with Crippen molar-refractivity contribution in [2.75, 3.05) is 18.0 Å². The molecule has 5 nitrogen and oxygen atoms in total. The smallest absolute Gasteiger partial charge is 0.338 e. The topological polar surface area (TPSA) is 41.4 Å². The van der Waals surface area contributed by atoms with Crippen LogP contribution in [0.5, 0.6) is 0 Å². The number of benzene rings is 1. The predicted molar refractivity (Wildman–Crippen MR) is 104 cm³/mol. The summed E-state index contributed by atoms with van der Waals surface area (Å²) >= 11 is 0. The fraction of sp³-hybridized carbons (Fsp3) is 0.524. The number of carbonyl (C=O) groups excluding carboxylic acids is 1. The van der Waals surface area contributed by atoms with E-state index in [1.54, 1.807) is 17.9 Å². The van der Waals surface area contributed by atoms with E-state index >= 15 is 0 Å². The summed E-state index contributed by atoms with van der Waals surface area (Å²) in [6, 6.07) is 4.10. The lowest BCUT2D eigenvalue weighted by Crippen LogP contribution is -2.35. The van der Waals surface area contributed by atoms with Crippen molar-refractivity contribution < 1.29 is 18.0 Å². The van der Waals surface area contributed by atoms with Crippen molar-refractivity contribution in [2.24, 2.45) is 0 Å². The minimum Gasteiger partial charge on any atom is -0.338 e. The zero-order valence-electron chi connectivity index (χ0n) is 16.9. The van der Waals surface area contributed by atoms with Crippen LogP contribution in [-0.4, -0.2) is 33.7 Å². The number of halogens is 3. The summed E-state index contributed by atoms with van der Waals surface area (Å²) in [6.45, 7) is 7.31. The highest BCUT2D eigenvalue weighted by Crippen LogP contribution is 2.41. The molecule has 2 aliphatic rings. The van der Waals surface area contributed by atoms with Gasteiger partial charge in [-0.25, -0.2) is 0 Å². The molecular formula is C21H25F3N4O. The molecule has 1 amide bonds. The lowest BCUT2D eigenvalue weighted by molar-refractivity contribution is -0.137. The SMILES string of the molecule is CC(=O)N1CCc2c(c(N3CCCc4ccc(C(F)(F)F)cc43)nn2C(C)C)C1. The Kier molecular flexibility index (Phi) is 4.83. The van der Waals surface area contributed by atoms with E-state index in [0.717, 1.165) is 35.7 Å². The van der Waals surface area contributed by atoms with Crippen LogP contribution in [0.1, 0.15) is 55.6 Å². The van der Waals surface area contributed by atoms with Gasteiger partial charge in [0.2, 0.25) is 5.91 Å². The maximum absolute atomic E-state index is 13.3. The van der Waals surface area contributed by atoms with Gasteiger partial charge in [0.1, 0.15) is 0 Å². The largest absolute Gasteiger partial charge is 0.416 e. The second-order valence-electron chi connectivity index (χ2n) is 8.07. The third-order valence-electron chi connectivity index (χ3n) is 5.79. The Morgan fingerprint density at radius 1 is 1.17 bits per heavy atom. The number of alkyl halides is 3. The van der Waals surface area contributed by atoms with Gasteiger partial charge in [-0.05, 0) is 44.4 Å². The van der Waals surface area contributed by atoms with Crippen molar-refractivity contribution in [1.82, 2.24) is 14.7 Å². The minimum atomic E-state index is -4.39. The molecule has 0 N–H and O–H groups in total. The zero-order valence-corrected chi connectivity index (χ0v) is 16.9. The van der Waals surface area contributed by atoms with Crippen molar-refractivity contribution in [1.29, 1.82) is 0 Å². The second kappa shape index (κ2) is 7.07. The molecule has 4 rings (SSSR count). The summed E-state index contributed by atoms with van der Waals surface area (Å²) in [7, 11) is 0.